The van der Waals surface area contributed by atoms with E-state index < -0.39 is 23.2 Å². The minimum absolute atomic E-state index is 0.000377. The second-order valence-corrected chi connectivity index (χ2v) is 9.86. The number of hydrogen-bond acceptors (Lipinski definition) is 9. The number of likely N-dealkylation sites (tertiary alicyclic amines) is 1. The lowest BCUT2D eigenvalue weighted by Crippen LogP contribution is -2.63. The van der Waals surface area contributed by atoms with Gasteiger partial charge in [0.15, 0.2) is 16.3 Å². The Morgan fingerprint density at radius 1 is 1.19 bits per heavy atom. The minimum Gasteiger partial charge on any atom is -0.480 e. The molecule has 1 aliphatic carbocycles. The van der Waals surface area contributed by atoms with Crippen LogP contribution in [-0.4, -0.2) is 59.1 Å². The number of fused-ring (bicyclic) bond motifs is 4. The largest absolute Gasteiger partial charge is 0.480 e. The summed E-state index contributed by atoms with van der Waals surface area (Å²) in [7, 11) is 2.74. The summed E-state index contributed by atoms with van der Waals surface area (Å²) in [6.45, 7) is 1.09. The van der Waals surface area contributed by atoms with Crippen molar-refractivity contribution >= 4 is 22.4 Å². The molecule has 36 heavy (non-hydrogen) atoms. The lowest BCUT2D eigenvalue weighted by atomic mass is 9.86. The van der Waals surface area contributed by atoms with Crippen molar-refractivity contribution in [2.24, 2.45) is 0 Å². The Balaban J connectivity index is 1.38. The van der Waals surface area contributed by atoms with E-state index in [1.54, 1.807) is 0 Å². The van der Waals surface area contributed by atoms with Crippen molar-refractivity contribution in [3.63, 3.8) is 0 Å². The van der Waals surface area contributed by atoms with Gasteiger partial charge in [-0.15, -0.1) is 0 Å². The maximum atomic E-state index is 13.4. The lowest BCUT2D eigenvalue weighted by Gasteiger charge is -2.51. The number of amides is 1. The third kappa shape index (κ3) is 3.64. The average Bonchev–Trinajstić information content (AvgIpc) is 3.58. The standard InChI is InChI=1S/C23H20F3N5O4S/c1-33-19-15(20(34-2)28-10-27-19)18(32)30-21-29-16-13-6-3-11(23(24,25)26)7-14(13)35-22(17(16)36-21)8-31(9-22)12-4-5-12/h3,6-7,10,12H,4-5,8-9H2,1-2H3,(H,29,30,32). The lowest BCUT2D eigenvalue weighted by molar-refractivity contribution is -0.138. The number of rotatable bonds is 5. The number of nitrogens with zero attached hydrogens (tertiary/aromatic N) is 4. The number of anilines is 1. The summed E-state index contributed by atoms with van der Waals surface area (Å²) >= 11 is 1.24. The first kappa shape index (κ1) is 23.0. The summed E-state index contributed by atoms with van der Waals surface area (Å²) < 4.78 is 56.8. The topological polar surface area (TPSA) is 98.7 Å². The predicted molar refractivity (Wildman–Crippen MR) is 123 cm³/mol. The number of carbonyl (C=O) groups excluding carboxylic acids is 1. The first-order chi connectivity index (χ1) is 17.2. The molecule has 1 saturated heterocycles. The molecular weight excluding hydrogens is 499 g/mol. The van der Waals surface area contributed by atoms with Crippen molar-refractivity contribution in [2.75, 3.05) is 32.6 Å². The number of benzene rings is 1. The van der Waals surface area contributed by atoms with E-state index in [2.05, 4.69) is 25.2 Å². The van der Waals surface area contributed by atoms with Crippen LogP contribution in [0.1, 0.15) is 33.6 Å². The predicted octanol–water partition coefficient (Wildman–Crippen LogP) is 3.95. The van der Waals surface area contributed by atoms with Gasteiger partial charge in [-0.1, -0.05) is 11.3 Å². The van der Waals surface area contributed by atoms with Gasteiger partial charge in [0.05, 0.1) is 30.4 Å². The maximum absolute atomic E-state index is 13.4. The first-order valence-electron chi connectivity index (χ1n) is 11.1. The van der Waals surface area contributed by atoms with Gasteiger partial charge in [0, 0.05) is 24.7 Å². The normalized spacial score (nSPS) is 18.0. The van der Waals surface area contributed by atoms with E-state index in [1.165, 1.54) is 38.0 Å². The van der Waals surface area contributed by atoms with Crippen LogP contribution in [0.4, 0.5) is 18.3 Å². The second kappa shape index (κ2) is 8.03. The van der Waals surface area contributed by atoms with E-state index in [4.69, 9.17) is 14.2 Å². The highest BCUT2D eigenvalue weighted by atomic mass is 32.1. The molecule has 0 bridgehead atoms. The van der Waals surface area contributed by atoms with Gasteiger partial charge in [-0.3, -0.25) is 15.0 Å². The van der Waals surface area contributed by atoms with Crippen LogP contribution in [0.5, 0.6) is 17.5 Å². The monoisotopic (exact) mass is 519 g/mol. The molecule has 0 atom stereocenters. The number of aromatic nitrogens is 3. The van der Waals surface area contributed by atoms with Gasteiger partial charge >= 0.3 is 6.18 Å². The number of hydrogen-bond donors (Lipinski definition) is 1. The third-order valence-corrected chi connectivity index (χ3v) is 7.66. The molecule has 13 heteroatoms. The molecule has 1 N–H and O–H groups in total. The van der Waals surface area contributed by atoms with E-state index in [0.717, 1.165) is 29.9 Å². The number of ether oxygens (including phenoxy) is 3. The van der Waals surface area contributed by atoms with Crippen LogP contribution < -0.4 is 19.5 Å². The van der Waals surface area contributed by atoms with E-state index in [1.807, 2.05) is 0 Å². The molecule has 1 aromatic carbocycles. The van der Waals surface area contributed by atoms with Crippen LogP contribution in [0, 0.1) is 0 Å². The molecule has 2 fully saturated rings. The van der Waals surface area contributed by atoms with Crippen molar-refractivity contribution < 1.29 is 32.2 Å². The van der Waals surface area contributed by atoms with Crippen molar-refractivity contribution in [3.8, 4) is 28.8 Å². The van der Waals surface area contributed by atoms with Crippen LogP contribution in [0.25, 0.3) is 11.3 Å². The highest BCUT2D eigenvalue weighted by molar-refractivity contribution is 7.16. The zero-order valence-electron chi connectivity index (χ0n) is 19.2. The van der Waals surface area contributed by atoms with Gasteiger partial charge in [0.1, 0.15) is 12.1 Å². The molecule has 0 radical (unpaired) electrons. The molecule has 1 spiro atoms. The quantitative estimate of drug-likeness (QED) is 0.541. The average molecular weight is 520 g/mol. The van der Waals surface area contributed by atoms with Crippen LogP contribution in [0.3, 0.4) is 0 Å². The number of halogens is 3. The SMILES string of the molecule is COc1ncnc(OC)c1C(=O)Nc1nc2c(s1)C1(CN(C3CC3)C1)Oc1cc(C(F)(F)F)ccc1-2. The third-order valence-electron chi connectivity index (χ3n) is 6.50. The van der Waals surface area contributed by atoms with Gasteiger partial charge in [-0.25, -0.2) is 15.0 Å². The number of nitrogens with one attached hydrogen (secondary N) is 1. The summed E-state index contributed by atoms with van der Waals surface area (Å²) in [6.07, 6.45) is -1.08. The van der Waals surface area contributed by atoms with Gasteiger partial charge in [0.25, 0.3) is 5.91 Å². The Morgan fingerprint density at radius 2 is 1.89 bits per heavy atom. The fourth-order valence-corrected chi connectivity index (χ4v) is 5.72. The van der Waals surface area contributed by atoms with Gasteiger partial charge in [-0.05, 0) is 31.0 Å². The molecule has 0 unspecified atom stereocenters. The van der Waals surface area contributed by atoms with Gasteiger partial charge in [-0.2, -0.15) is 13.2 Å². The summed E-state index contributed by atoms with van der Waals surface area (Å²) in [4.78, 5) is 28.7. The zero-order chi connectivity index (χ0) is 25.2. The van der Waals surface area contributed by atoms with Crippen LogP contribution >= 0.6 is 11.3 Å². The van der Waals surface area contributed by atoms with E-state index >= 15 is 0 Å². The van der Waals surface area contributed by atoms with Crippen molar-refractivity contribution in [2.45, 2.75) is 30.7 Å². The smallest absolute Gasteiger partial charge is 0.416 e. The molecule has 1 amide bonds. The highest BCUT2D eigenvalue weighted by Gasteiger charge is 2.56. The molecule has 188 valence electrons. The van der Waals surface area contributed by atoms with Crippen LogP contribution in [0.2, 0.25) is 0 Å². The maximum Gasteiger partial charge on any atom is 0.416 e. The molecule has 6 rings (SSSR count). The van der Waals surface area contributed by atoms with Gasteiger partial charge in [0.2, 0.25) is 11.8 Å². The molecular formula is C23H20F3N5O4S. The van der Waals surface area contributed by atoms with Crippen molar-refractivity contribution in [1.82, 2.24) is 19.9 Å². The summed E-state index contributed by atoms with van der Waals surface area (Å²) in [5.41, 5.74) is -0.654. The van der Waals surface area contributed by atoms with E-state index in [-0.39, 0.29) is 28.2 Å². The molecule has 2 aliphatic heterocycles. The zero-order valence-corrected chi connectivity index (χ0v) is 20.0. The Bertz CT molecular complexity index is 1350. The summed E-state index contributed by atoms with van der Waals surface area (Å²) in [6, 6.07) is 3.88. The Morgan fingerprint density at radius 3 is 2.50 bits per heavy atom. The van der Waals surface area contributed by atoms with Crippen LogP contribution in [-0.2, 0) is 11.8 Å². The highest BCUT2D eigenvalue weighted by Crippen LogP contribution is 2.54. The van der Waals surface area contributed by atoms with Crippen molar-refractivity contribution in [3.05, 3.63) is 40.5 Å². The first-order valence-corrected chi connectivity index (χ1v) is 11.9. The number of thiazole rings is 1. The molecule has 2 aromatic heterocycles. The Hall–Kier alpha value is -3.45. The Kier molecular flexibility index (Phi) is 5.13. The molecule has 3 aliphatic rings. The summed E-state index contributed by atoms with van der Waals surface area (Å²) in [5.74, 6) is -0.392. The van der Waals surface area contributed by atoms with Crippen LogP contribution in [0.15, 0.2) is 24.5 Å². The number of methoxy groups -OCH3 is 2. The molecule has 9 nitrogen and oxygen atoms in total. The fourth-order valence-electron chi connectivity index (χ4n) is 4.63. The minimum atomic E-state index is -4.50. The number of carbonyl (C=O) groups is 1. The molecule has 1 saturated carbocycles. The fraction of sp³-hybridized carbons (Fsp3) is 0.391. The Labute approximate surface area is 207 Å². The summed E-state index contributed by atoms with van der Waals surface area (Å²) in [5, 5.41) is 3.01. The van der Waals surface area contributed by atoms with Gasteiger partial charge < -0.3 is 14.2 Å². The second-order valence-electron chi connectivity index (χ2n) is 8.86. The number of alkyl halides is 3. The molecule has 4 heterocycles. The van der Waals surface area contributed by atoms with Crippen molar-refractivity contribution in [1.29, 1.82) is 0 Å². The van der Waals surface area contributed by atoms with E-state index in [0.29, 0.717) is 30.4 Å². The van der Waals surface area contributed by atoms with E-state index in [9.17, 15) is 18.0 Å². The molecule has 3 aromatic rings.